The summed E-state index contributed by atoms with van der Waals surface area (Å²) in [6, 6.07) is 20.1. The lowest BCUT2D eigenvalue weighted by Gasteiger charge is -2.58. The maximum Gasteiger partial charge on any atom is 0.192 e. The summed E-state index contributed by atoms with van der Waals surface area (Å²) >= 11 is 4.65. The Labute approximate surface area is 236 Å². The van der Waals surface area contributed by atoms with Gasteiger partial charge in [-0.25, -0.2) is 0 Å². The van der Waals surface area contributed by atoms with Crippen LogP contribution in [0.3, 0.4) is 0 Å². The van der Waals surface area contributed by atoms with Crippen LogP contribution in [0.4, 0.5) is 0 Å². The van der Waals surface area contributed by atoms with Crippen LogP contribution in [0.25, 0.3) is 11.1 Å². The second-order valence-corrected chi connectivity index (χ2v) is 12.6. The Hall–Kier alpha value is -1.88. The van der Waals surface area contributed by atoms with Crippen LogP contribution in [-0.4, -0.2) is 36.0 Å². The first kappa shape index (κ1) is 23.3. The number of carbonyl (C=O) groups is 2. The Kier molecular flexibility index (Phi) is 5.37. The third kappa shape index (κ3) is 2.87. The fraction of sp³-hybridized carbons (Fsp3) is 0.267. The van der Waals surface area contributed by atoms with E-state index in [9.17, 15) is 9.59 Å². The molecular weight excluding hydrogens is 678 g/mol. The van der Waals surface area contributed by atoms with Crippen molar-refractivity contribution in [2.45, 2.75) is 11.2 Å². The topological polar surface area (TPSA) is 52.6 Å². The van der Waals surface area contributed by atoms with Gasteiger partial charge in [0.15, 0.2) is 22.8 Å². The highest BCUT2D eigenvalue weighted by Crippen LogP contribution is 2.65. The number of rotatable bonds is 2. The van der Waals surface area contributed by atoms with Gasteiger partial charge in [0.1, 0.15) is 0 Å². The average molecular weight is 700 g/mol. The zero-order valence-electron chi connectivity index (χ0n) is 19.2. The summed E-state index contributed by atoms with van der Waals surface area (Å²) in [5.74, 6) is -1.05. The first-order chi connectivity index (χ1) is 17.5. The molecule has 0 unspecified atom stereocenters. The first-order valence-corrected chi connectivity index (χ1v) is 14.3. The number of hydrogen-bond acceptors (Lipinski definition) is 4. The number of benzene rings is 2. The van der Waals surface area contributed by atoms with Gasteiger partial charge >= 0.3 is 0 Å². The SMILES string of the molecule is O=C1C=C[C@H]2[C@H]([C@H]3C=C[C@@H]2C(=O)[C@@]32OCC(I)=C2c2ccccc2)[C@]12OCC(I)=C2c1ccccc1. The Morgan fingerprint density at radius 1 is 0.722 bits per heavy atom. The Morgan fingerprint density at radius 3 is 1.89 bits per heavy atom. The van der Waals surface area contributed by atoms with Crippen molar-refractivity contribution in [2.24, 2.45) is 23.7 Å². The lowest BCUT2D eigenvalue weighted by atomic mass is 9.47. The number of hydrogen-bond donors (Lipinski definition) is 0. The van der Waals surface area contributed by atoms with Gasteiger partial charge in [-0.1, -0.05) is 78.9 Å². The van der Waals surface area contributed by atoms with E-state index in [0.29, 0.717) is 13.2 Å². The molecule has 6 aliphatic rings. The van der Waals surface area contributed by atoms with Crippen LogP contribution in [0.2, 0.25) is 0 Å². The largest absolute Gasteiger partial charge is 0.357 e. The molecule has 2 aromatic rings. The summed E-state index contributed by atoms with van der Waals surface area (Å²) in [5.41, 5.74) is 1.59. The summed E-state index contributed by atoms with van der Waals surface area (Å²) in [7, 11) is 0. The summed E-state index contributed by atoms with van der Waals surface area (Å²) in [6.45, 7) is 0.775. The number of halogens is 2. The number of allylic oxidation sites excluding steroid dienone is 2. The molecule has 6 atom stereocenters. The predicted octanol–water partition coefficient (Wildman–Crippen LogP) is 5.97. The van der Waals surface area contributed by atoms with Crippen LogP contribution >= 0.6 is 45.2 Å². The molecule has 1 saturated carbocycles. The first-order valence-electron chi connectivity index (χ1n) is 12.1. The molecule has 2 heterocycles. The minimum absolute atomic E-state index is 0.0456. The van der Waals surface area contributed by atoms with E-state index in [4.69, 9.17) is 9.47 Å². The van der Waals surface area contributed by atoms with Gasteiger partial charge in [-0.2, -0.15) is 0 Å². The fourth-order valence-corrected chi connectivity index (χ4v) is 8.91. The van der Waals surface area contributed by atoms with Crippen molar-refractivity contribution in [3.8, 4) is 0 Å². The molecule has 4 aliphatic carbocycles. The van der Waals surface area contributed by atoms with E-state index in [0.717, 1.165) is 29.4 Å². The smallest absolute Gasteiger partial charge is 0.192 e. The molecule has 2 aromatic carbocycles. The van der Waals surface area contributed by atoms with Crippen molar-refractivity contribution in [1.82, 2.24) is 0 Å². The lowest BCUT2D eigenvalue weighted by Crippen LogP contribution is -2.68. The lowest BCUT2D eigenvalue weighted by molar-refractivity contribution is -0.172. The van der Waals surface area contributed by atoms with Crippen molar-refractivity contribution >= 4 is 67.9 Å². The average Bonchev–Trinajstić information content (AvgIpc) is 3.43. The molecule has 0 amide bonds. The molecule has 36 heavy (non-hydrogen) atoms. The van der Waals surface area contributed by atoms with Gasteiger partial charge in [0.05, 0.1) is 13.2 Å². The standard InChI is InChI=1S/C30H22I2O4/c31-22-15-35-29(25(22)17-7-3-1-4-8-17)21-13-11-20(28(29)34)19-12-14-24(33)30(27(19)21)26(23(32)16-36-30)18-9-5-2-6-10-18/h1-14,19-21,27H,15-16H2/t19-,20+,21-,27-,29-,30+/m1/s1. The van der Waals surface area contributed by atoms with Gasteiger partial charge in [-0.15, -0.1) is 0 Å². The number of carbonyl (C=O) groups excluding carboxylic acids is 2. The Balaban J connectivity index is 1.46. The van der Waals surface area contributed by atoms with Crippen LogP contribution in [0.5, 0.6) is 0 Å². The zero-order valence-corrected chi connectivity index (χ0v) is 23.5. The van der Waals surface area contributed by atoms with Crippen molar-refractivity contribution in [3.05, 3.63) is 103 Å². The predicted molar refractivity (Wildman–Crippen MR) is 154 cm³/mol. The number of ketones is 2. The summed E-state index contributed by atoms with van der Waals surface area (Å²) in [5, 5.41) is 0. The molecular formula is C30H22I2O4. The third-order valence-electron chi connectivity index (χ3n) is 8.45. The van der Waals surface area contributed by atoms with E-state index in [1.807, 2.05) is 72.8 Å². The molecule has 2 bridgehead atoms. The fourth-order valence-electron chi connectivity index (χ4n) is 7.17. The summed E-state index contributed by atoms with van der Waals surface area (Å²) < 4.78 is 15.2. The molecule has 2 aliphatic heterocycles. The number of Topliss-reactive ketones (excluding diaryl/α,β-unsaturated/α-hetero) is 1. The van der Waals surface area contributed by atoms with E-state index >= 15 is 0 Å². The maximum absolute atomic E-state index is 14.3. The molecule has 0 radical (unpaired) electrons. The molecule has 2 spiro atoms. The van der Waals surface area contributed by atoms with Crippen molar-refractivity contribution in [2.75, 3.05) is 13.2 Å². The molecule has 6 heteroatoms. The molecule has 180 valence electrons. The second kappa shape index (κ2) is 8.31. The van der Waals surface area contributed by atoms with Crippen LogP contribution in [0, 0.1) is 23.7 Å². The van der Waals surface area contributed by atoms with Gasteiger partial charge < -0.3 is 9.47 Å². The highest BCUT2D eigenvalue weighted by atomic mass is 127. The normalized spacial score (nSPS) is 36.6. The monoisotopic (exact) mass is 700 g/mol. The van der Waals surface area contributed by atoms with Crippen molar-refractivity contribution < 1.29 is 19.1 Å². The minimum Gasteiger partial charge on any atom is -0.357 e. The van der Waals surface area contributed by atoms with Gasteiger partial charge in [0, 0.05) is 36.1 Å². The van der Waals surface area contributed by atoms with Crippen LogP contribution in [0.15, 0.2) is 92.1 Å². The van der Waals surface area contributed by atoms with E-state index in [1.54, 1.807) is 6.08 Å². The minimum atomic E-state index is -1.15. The number of ether oxygens (including phenoxy) is 2. The quantitative estimate of drug-likeness (QED) is 0.286. The van der Waals surface area contributed by atoms with E-state index in [2.05, 4.69) is 51.3 Å². The second-order valence-electron chi connectivity index (χ2n) is 9.97. The van der Waals surface area contributed by atoms with Crippen LogP contribution in [0.1, 0.15) is 11.1 Å². The van der Waals surface area contributed by atoms with E-state index in [-0.39, 0.29) is 35.2 Å². The molecule has 0 aromatic heterocycles. The Bertz CT molecular complexity index is 1420. The third-order valence-corrected chi connectivity index (χ3v) is 10.2. The maximum atomic E-state index is 14.3. The molecule has 0 N–H and O–H groups in total. The zero-order chi connectivity index (χ0) is 24.7. The summed E-state index contributed by atoms with van der Waals surface area (Å²) in [4.78, 5) is 28.3. The van der Waals surface area contributed by atoms with Crippen LogP contribution < -0.4 is 0 Å². The van der Waals surface area contributed by atoms with E-state index in [1.165, 1.54) is 0 Å². The van der Waals surface area contributed by atoms with E-state index < -0.39 is 11.2 Å². The van der Waals surface area contributed by atoms with Gasteiger partial charge in [-0.3, -0.25) is 9.59 Å². The highest BCUT2D eigenvalue weighted by molar-refractivity contribution is 14.1. The molecule has 1 fully saturated rings. The summed E-state index contributed by atoms with van der Waals surface area (Å²) in [6.07, 6.45) is 7.78. The van der Waals surface area contributed by atoms with Gasteiger partial charge in [-0.05, 0) is 68.3 Å². The van der Waals surface area contributed by atoms with Gasteiger partial charge in [0.25, 0.3) is 0 Å². The molecule has 0 saturated heterocycles. The van der Waals surface area contributed by atoms with Crippen molar-refractivity contribution in [3.63, 3.8) is 0 Å². The van der Waals surface area contributed by atoms with Gasteiger partial charge in [0.2, 0.25) is 0 Å². The molecule has 8 rings (SSSR count). The van der Waals surface area contributed by atoms with Crippen LogP contribution in [-0.2, 0) is 19.1 Å². The molecule has 4 nitrogen and oxygen atoms in total. The Morgan fingerprint density at radius 2 is 1.28 bits per heavy atom. The highest BCUT2D eigenvalue weighted by Gasteiger charge is 2.71. The van der Waals surface area contributed by atoms with Crippen molar-refractivity contribution in [1.29, 1.82) is 0 Å².